The summed E-state index contributed by atoms with van der Waals surface area (Å²) < 4.78 is 22.6. The van der Waals surface area contributed by atoms with E-state index in [2.05, 4.69) is 10.6 Å². The van der Waals surface area contributed by atoms with Gasteiger partial charge in [0.25, 0.3) is 9.05 Å². The van der Waals surface area contributed by atoms with Crippen molar-refractivity contribution in [1.29, 1.82) is 0 Å². The fraction of sp³-hybridized carbons (Fsp3) is 0.250. The van der Waals surface area contributed by atoms with Gasteiger partial charge in [0.05, 0.1) is 11.6 Å². The quantitative estimate of drug-likeness (QED) is 0.652. The Labute approximate surface area is 114 Å². The maximum absolute atomic E-state index is 11.9. The Morgan fingerprint density at radius 1 is 1.32 bits per heavy atom. The molecule has 0 aromatic heterocycles. The molecule has 1 heterocycles. The number of fused-ring (bicyclic) bond motifs is 2. The lowest BCUT2D eigenvalue weighted by Crippen LogP contribution is -2.54. The molecule has 1 aromatic rings. The molecule has 1 aromatic carbocycles. The molecule has 1 saturated heterocycles. The van der Waals surface area contributed by atoms with Crippen LogP contribution in [0.2, 0.25) is 0 Å². The molecule has 0 saturated carbocycles. The molecule has 1 atom stereocenters. The van der Waals surface area contributed by atoms with Crippen molar-refractivity contribution in [3.05, 3.63) is 28.6 Å². The monoisotopic (exact) mass is 298 g/mol. The molecule has 2 aliphatic rings. The number of hydrogen-bond acceptors (Lipinski definition) is 4. The second kappa shape index (κ2) is 4.33. The summed E-state index contributed by atoms with van der Waals surface area (Å²) in [6, 6.07) is 4.55. The van der Waals surface area contributed by atoms with Gasteiger partial charge in [0.2, 0.25) is 5.91 Å². The zero-order valence-electron chi connectivity index (χ0n) is 9.81. The molecule has 0 radical (unpaired) electrons. The lowest BCUT2D eigenvalue weighted by Gasteiger charge is -2.28. The number of nitrogens with one attached hydrogen (secondary N) is 2. The zero-order chi connectivity index (χ0) is 13.6. The molecule has 1 amide bonds. The summed E-state index contributed by atoms with van der Waals surface area (Å²) in [5.41, 5.74) is 0.655. The number of hydrogen-bond donors (Lipinski definition) is 2. The highest BCUT2D eigenvalue weighted by Crippen LogP contribution is 2.15. The average Bonchev–Trinajstić information content (AvgIpc) is 2.37. The summed E-state index contributed by atoms with van der Waals surface area (Å²) in [5.74, 6) is -0.111. The third kappa shape index (κ3) is 2.16. The van der Waals surface area contributed by atoms with Crippen LogP contribution in [0.15, 0.2) is 23.1 Å². The Morgan fingerprint density at radius 2 is 2.11 bits per heavy atom. The standard InChI is InChI=1S/C12H11ClN2O3S/c13-19(17,18)8-2-3-9-7(5-8)1-4-10-11(9)12(16)15-6-14-10/h1-3,5,10,14H,4,6H2,(H,15,16). The number of benzene rings is 1. The molecule has 7 heteroatoms. The van der Waals surface area contributed by atoms with Gasteiger partial charge < -0.3 is 5.32 Å². The molecule has 3 rings (SSSR count). The number of rotatable bonds is 1. The summed E-state index contributed by atoms with van der Waals surface area (Å²) >= 11 is 0. The van der Waals surface area contributed by atoms with E-state index in [0.717, 1.165) is 10.4 Å². The minimum absolute atomic E-state index is 0.0142. The molecular formula is C12H11ClN2O3S. The van der Waals surface area contributed by atoms with Crippen LogP contribution in [-0.4, -0.2) is 27.0 Å². The first-order valence-electron chi connectivity index (χ1n) is 5.77. The summed E-state index contributed by atoms with van der Waals surface area (Å²) in [6.07, 6.45) is 2.57. The van der Waals surface area contributed by atoms with E-state index in [-0.39, 0.29) is 16.8 Å². The predicted octanol–water partition coefficient (Wildman–Crippen LogP) is -1.01. The largest absolute Gasteiger partial charge is 0.340 e. The molecule has 0 bridgehead atoms. The van der Waals surface area contributed by atoms with Crippen LogP contribution in [0.4, 0.5) is 0 Å². The minimum atomic E-state index is -3.75. The second-order valence-corrected chi connectivity index (χ2v) is 7.05. The normalized spacial score (nSPS) is 22.1. The number of carbonyl (C=O) groups excluding carboxylic acids is 1. The SMILES string of the molecule is O=C1NCNC2CC=c3cc(S(=O)(=O)Cl)ccc3=C12. The molecular weight excluding hydrogens is 288 g/mol. The molecule has 5 nitrogen and oxygen atoms in total. The van der Waals surface area contributed by atoms with Crippen LogP contribution < -0.4 is 21.1 Å². The highest BCUT2D eigenvalue weighted by Gasteiger charge is 2.27. The van der Waals surface area contributed by atoms with E-state index in [9.17, 15) is 13.2 Å². The number of halogens is 1. The lowest BCUT2D eigenvalue weighted by molar-refractivity contribution is -0.116. The summed E-state index contributed by atoms with van der Waals surface area (Å²) in [5, 5.41) is 7.40. The van der Waals surface area contributed by atoms with Crippen molar-refractivity contribution in [2.75, 3.05) is 6.67 Å². The second-order valence-electron chi connectivity index (χ2n) is 4.48. The fourth-order valence-electron chi connectivity index (χ4n) is 2.47. The van der Waals surface area contributed by atoms with Gasteiger partial charge in [-0.1, -0.05) is 12.1 Å². The smallest absolute Gasteiger partial charge is 0.261 e. The Hall–Kier alpha value is -1.37. The van der Waals surface area contributed by atoms with Crippen molar-refractivity contribution in [2.24, 2.45) is 0 Å². The fourth-order valence-corrected chi connectivity index (χ4v) is 3.26. The van der Waals surface area contributed by atoms with E-state index in [0.29, 0.717) is 18.7 Å². The van der Waals surface area contributed by atoms with E-state index >= 15 is 0 Å². The summed E-state index contributed by atoms with van der Waals surface area (Å²) in [6.45, 7) is 0.449. The van der Waals surface area contributed by atoms with Crippen LogP contribution >= 0.6 is 10.7 Å². The van der Waals surface area contributed by atoms with E-state index in [1.165, 1.54) is 12.1 Å². The maximum atomic E-state index is 11.9. The molecule has 1 aliphatic carbocycles. The Kier molecular flexibility index (Phi) is 2.88. The van der Waals surface area contributed by atoms with Crippen LogP contribution in [0.5, 0.6) is 0 Å². The van der Waals surface area contributed by atoms with E-state index in [1.54, 1.807) is 6.07 Å². The van der Waals surface area contributed by atoms with Gasteiger partial charge in [-0.2, -0.15) is 0 Å². The van der Waals surface area contributed by atoms with Crippen LogP contribution in [-0.2, 0) is 13.8 Å². The Bertz CT molecular complexity index is 786. The average molecular weight is 299 g/mol. The van der Waals surface area contributed by atoms with Crippen molar-refractivity contribution in [3.8, 4) is 0 Å². The van der Waals surface area contributed by atoms with Gasteiger partial charge in [-0.3, -0.25) is 10.1 Å². The first-order chi connectivity index (χ1) is 8.97. The molecule has 100 valence electrons. The van der Waals surface area contributed by atoms with Crippen LogP contribution in [0, 0.1) is 0 Å². The van der Waals surface area contributed by atoms with Crippen molar-refractivity contribution >= 4 is 37.3 Å². The topological polar surface area (TPSA) is 75.3 Å². The zero-order valence-corrected chi connectivity index (χ0v) is 11.4. The Morgan fingerprint density at radius 3 is 2.84 bits per heavy atom. The maximum Gasteiger partial charge on any atom is 0.261 e. The summed E-state index contributed by atoms with van der Waals surface area (Å²) in [4.78, 5) is 12.0. The van der Waals surface area contributed by atoms with Crippen molar-refractivity contribution in [2.45, 2.75) is 17.4 Å². The van der Waals surface area contributed by atoms with Gasteiger partial charge in [-0.15, -0.1) is 0 Å². The van der Waals surface area contributed by atoms with Crippen molar-refractivity contribution < 1.29 is 13.2 Å². The van der Waals surface area contributed by atoms with Crippen LogP contribution in [0.1, 0.15) is 6.42 Å². The van der Waals surface area contributed by atoms with Gasteiger partial charge >= 0.3 is 0 Å². The first kappa shape index (κ1) is 12.7. The van der Waals surface area contributed by atoms with Gasteiger partial charge in [0, 0.05) is 22.3 Å². The van der Waals surface area contributed by atoms with Gasteiger partial charge in [-0.25, -0.2) is 8.42 Å². The van der Waals surface area contributed by atoms with E-state index in [4.69, 9.17) is 10.7 Å². The minimum Gasteiger partial charge on any atom is -0.340 e. The lowest BCUT2D eigenvalue weighted by atomic mass is 9.93. The molecule has 1 aliphatic heterocycles. The van der Waals surface area contributed by atoms with Crippen molar-refractivity contribution in [1.82, 2.24) is 10.6 Å². The molecule has 0 spiro atoms. The summed E-state index contributed by atoms with van der Waals surface area (Å²) in [7, 11) is 1.57. The third-order valence-corrected chi connectivity index (χ3v) is 4.71. The predicted molar refractivity (Wildman–Crippen MR) is 71.2 cm³/mol. The highest BCUT2D eigenvalue weighted by molar-refractivity contribution is 8.13. The molecule has 2 N–H and O–H groups in total. The van der Waals surface area contributed by atoms with Crippen LogP contribution in [0.25, 0.3) is 11.6 Å². The van der Waals surface area contributed by atoms with E-state index < -0.39 is 9.05 Å². The highest BCUT2D eigenvalue weighted by atomic mass is 35.7. The van der Waals surface area contributed by atoms with Gasteiger partial charge in [0.1, 0.15) is 0 Å². The van der Waals surface area contributed by atoms with Crippen LogP contribution in [0.3, 0.4) is 0 Å². The molecule has 1 fully saturated rings. The third-order valence-electron chi connectivity index (χ3n) is 3.36. The molecule has 19 heavy (non-hydrogen) atoms. The van der Waals surface area contributed by atoms with Crippen molar-refractivity contribution in [3.63, 3.8) is 0 Å². The Balaban J connectivity index is 2.29. The van der Waals surface area contributed by atoms with Gasteiger partial charge in [0.15, 0.2) is 0 Å². The number of carbonyl (C=O) groups is 1. The first-order valence-corrected chi connectivity index (χ1v) is 8.08. The van der Waals surface area contributed by atoms with E-state index in [1.807, 2.05) is 6.08 Å². The molecule has 1 unspecified atom stereocenters. The number of amides is 1. The van der Waals surface area contributed by atoms with Gasteiger partial charge in [-0.05, 0) is 29.0 Å².